The zero-order valence-electron chi connectivity index (χ0n) is 16.6. The molecule has 172 valence electrons. The van der Waals surface area contributed by atoms with Crippen LogP contribution < -0.4 is 5.32 Å². The molecule has 2 N–H and O–H groups in total. The molecule has 2 aromatic rings. The second-order valence-corrected chi connectivity index (χ2v) is 9.89. The first-order chi connectivity index (χ1) is 15.7. The van der Waals surface area contributed by atoms with Gasteiger partial charge in [-0.2, -0.15) is 0 Å². The van der Waals surface area contributed by atoms with Gasteiger partial charge in [0.15, 0.2) is 0 Å². The van der Waals surface area contributed by atoms with Gasteiger partial charge in [0, 0.05) is 22.0 Å². The van der Waals surface area contributed by atoms with Crippen LogP contribution in [0.2, 0.25) is 5.02 Å². The quantitative estimate of drug-likeness (QED) is 0.200. The molecule has 1 aliphatic heterocycles. The molecule has 9 nitrogen and oxygen atoms in total. The van der Waals surface area contributed by atoms with Gasteiger partial charge in [0.25, 0.3) is 16.8 Å². The molecule has 1 saturated heterocycles. The van der Waals surface area contributed by atoms with Crippen LogP contribution in [0.4, 0.5) is 16.2 Å². The van der Waals surface area contributed by atoms with Crippen molar-refractivity contribution in [1.82, 2.24) is 4.90 Å². The number of hydrogen-bond acceptors (Lipinski definition) is 8. The van der Waals surface area contributed by atoms with Crippen LogP contribution in [0.25, 0.3) is 6.08 Å². The fraction of sp³-hybridized carbons (Fsp3) is 0.150. The van der Waals surface area contributed by atoms with E-state index in [4.69, 9.17) is 16.7 Å². The minimum absolute atomic E-state index is 0.0459. The SMILES string of the molecule is O=C(CN1C(=O)S/C(=C\c2ccc(SCCO)c([N+](=O)[O-])c2)C1=O)Nc1ccc(Br)c(Cl)c1. The molecule has 0 aromatic heterocycles. The third-order valence-electron chi connectivity index (χ3n) is 4.20. The van der Waals surface area contributed by atoms with Gasteiger partial charge in [-0.25, -0.2) is 0 Å². The molecule has 1 fully saturated rings. The largest absolute Gasteiger partial charge is 0.396 e. The summed E-state index contributed by atoms with van der Waals surface area (Å²) in [6.45, 7) is -0.619. The Bertz CT molecular complexity index is 1180. The lowest BCUT2D eigenvalue weighted by atomic mass is 10.2. The van der Waals surface area contributed by atoms with Crippen molar-refractivity contribution in [1.29, 1.82) is 0 Å². The van der Waals surface area contributed by atoms with E-state index >= 15 is 0 Å². The van der Waals surface area contributed by atoms with Crippen molar-refractivity contribution in [2.24, 2.45) is 0 Å². The smallest absolute Gasteiger partial charge is 0.294 e. The zero-order valence-corrected chi connectivity index (χ0v) is 20.6. The molecule has 1 heterocycles. The minimum Gasteiger partial charge on any atom is -0.396 e. The fourth-order valence-corrected chi connectivity index (χ4v) is 4.77. The van der Waals surface area contributed by atoms with Gasteiger partial charge < -0.3 is 10.4 Å². The summed E-state index contributed by atoms with van der Waals surface area (Å²) in [5.41, 5.74) is 0.589. The Morgan fingerprint density at radius 3 is 2.73 bits per heavy atom. The van der Waals surface area contributed by atoms with Crippen molar-refractivity contribution in [3.05, 3.63) is 66.5 Å². The predicted molar refractivity (Wildman–Crippen MR) is 131 cm³/mol. The molecule has 0 spiro atoms. The Labute approximate surface area is 209 Å². The number of aliphatic hydroxyl groups is 1. The molecular formula is C20H15BrClN3O6S2. The number of nitro groups is 1. The highest BCUT2D eigenvalue weighted by molar-refractivity contribution is 9.10. The standard InChI is InChI=1S/C20H15BrClN3O6S2/c21-13-3-2-12(9-14(13)22)23-18(27)10-24-19(28)17(33-20(24)29)8-11-1-4-16(32-6-5-26)15(7-11)25(30)31/h1-4,7-9,26H,5-6,10H2,(H,23,27)/b17-8-. The van der Waals surface area contributed by atoms with E-state index in [0.717, 1.165) is 16.7 Å². The topological polar surface area (TPSA) is 130 Å². The number of carbonyl (C=O) groups excluding carboxylic acids is 3. The van der Waals surface area contributed by atoms with E-state index in [1.165, 1.54) is 24.3 Å². The van der Waals surface area contributed by atoms with E-state index in [9.17, 15) is 24.5 Å². The summed E-state index contributed by atoms with van der Waals surface area (Å²) in [4.78, 5) is 49.4. The van der Waals surface area contributed by atoms with Crippen LogP contribution in [0.15, 0.2) is 50.7 Å². The molecule has 1 aliphatic rings. The molecule has 0 aliphatic carbocycles. The van der Waals surface area contributed by atoms with Crippen LogP contribution in [0.5, 0.6) is 0 Å². The lowest BCUT2D eigenvalue weighted by Crippen LogP contribution is -2.36. The maximum absolute atomic E-state index is 12.7. The molecule has 13 heteroatoms. The zero-order chi connectivity index (χ0) is 24.1. The Kier molecular flexibility index (Phi) is 8.54. The molecule has 0 bridgehead atoms. The van der Waals surface area contributed by atoms with Crippen molar-refractivity contribution in [3.8, 4) is 0 Å². The molecule has 2 aromatic carbocycles. The van der Waals surface area contributed by atoms with E-state index in [0.29, 0.717) is 43.2 Å². The van der Waals surface area contributed by atoms with Crippen molar-refractivity contribution in [3.63, 3.8) is 0 Å². The van der Waals surface area contributed by atoms with Gasteiger partial charge in [0.2, 0.25) is 5.91 Å². The number of nitrogens with one attached hydrogen (secondary N) is 1. The minimum atomic E-state index is -0.671. The number of benzene rings is 2. The highest BCUT2D eigenvalue weighted by Gasteiger charge is 2.36. The molecule has 33 heavy (non-hydrogen) atoms. The van der Waals surface area contributed by atoms with Crippen molar-refractivity contribution in [2.75, 3.05) is 24.2 Å². The predicted octanol–water partition coefficient (Wildman–Crippen LogP) is 4.77. The van der Waals surface area contributed by atoms with Gasteiger partial charge in [-0.3, -0.25) is 29.4 Å². The maximum atomic E-state index is 12.7. The molecule has 0 unspecified atom stereocenters. The highest BCUT2D eigenvalue weighted by Crippen LogP contribution is 2.35. The van der Waals surface area contributed by atoms with E-state index in [1.54, 1.807) is 18.2 Å². The number of rotatable bonds is 8. The third-order valence-corrected chi connectivity index (χ3v) is 7.39. The second-order valence-electron chi connectivity index (χ2n) is 6.50. The first-order valence-electron chi connectivity index (χ1n) is 9.22. The molecule has 0 saturated carbocycles. The van der Waals surface area contributed by atoms with E-state index in [-0.39, 0.29) is 17.2 Å². The Morgan fingerprint density at radius 1 is 1.30 bits per heavy atom. The Balaban J connectivity index is 1.73. The number of carbonyl (C=O) groups is 3. The lowest BCUT2D eigenvalue weighted by Gasteiger charge is -2.12. The van der Waals surface area contributed by atoms with Crippen molar-refractivity contribution in [2.45, 2.75) is 4.90 Å². The second kappa shape index (κ2) is 11.2. The first-order valence-corrected chi connectivity index (χ1v) is 12.2. The van der Waals surface area contributed by atoms with Gasteiger partial charge in [-0.15, -0.1) is 11.8 Å². The third kappa shape index (κ3) is 6.36. The van der Waals surface area contributed by atoms with Gasteiger partial charge >= 0.3 is 0 Å². The van der Waals surface area contributed by atoms with E-state index in [1.807, 2.05) is 0 Å². The average molecular weight is 573 g/mol. The summed E-state index contributed by atoms with van der Waals surface area (Å²) < 4.78 is 0.651. The molecule has 0 atom stereocenters. The van der Waals surface area contributed by atoms with Gasteiger partial charge in [0.1, 0.15) is 6.54 Å². The number of halogens is 2. The molecule has 3 amide bonds. The monoisotopic (exact) mass is 571 g/mol. The summed E-state index contributed by atoms with van der Waals surface area (Å²) in [5, 5.41) is 22.6. The number of amides is 3. The number of thioether (sulfide) groups is 2. The first kappa shape index (κ1) is 25.2. The summed E-state index contributed by atoms with van der Waals surface area (Å²) >= 11 is 11.0. The van der Waals surface area contributed by atoms with Crippen LogP contribution >= 0.6 is 51.1 Å². The normalized spacial score (nSPS) is 14.8. The van der Waals surface area contributed by atoms with Gasteiger partial charge in [0.05, 0.1) is 26.4 Å². The molecule has 0 radical (unpaired) electrons. The maximum Gasteiger partial charge on any atom is 0.294 e. The van der Waals surface area contributed by atoms with Crippen molar-refractivity contribution >= 4 is 85.6 Å². The van der Waals surface area contributed by atoms with E-state index in [2.05, 4.69) is 21.2 Å². The Hall–Kier alpha value is -2.38. The fourth-order valence-electron chi connectivity index (χ4n) is 2.75. The summed E-state index contributed by atoms with van der Waals surface area (Å²) in [5.74, 6) is -0.957. The number of hydrogen-bond donors (Lipinski definition) is 2. The van der Waals surface area contributed by atoms with Crippen LogP contribution in [-0.4, -0.2) is 50.9 Å². The van der Waals surface area contributed by atoms with Crippen LogP contribution in [0, 0.1) is 10.1 Å². The Morgan fingerprint density at radius 2 is 2.06 bits per heavy atom. The summed E-state index contributed by atoms with van der Waals surface area (Å²) in [6, 6.07) is 9.16. The van der Waals surface area contributed by atoms with Crippen molar-refractivity contribution < 1.29 is 24.4 Å². The van der Waals surface area contributed by atoms with Crippen LogP contribution in [0.3, 0.4) is 0 Å². The summed E-state index contributed by atoms with van der Waals surface area (Å²) in [7, 11) is 0. The van der Waals surface area contributed by atoms with Gasteiger partial charge in [-0.05, 0) is 63.6 Å². The number of imide groups is 1. The number of aliphatic hydroxyl groups excluding tert-OH is 1. The molecule has 3 rings (SSSR count). The molecular weight excluding hydrogens is 558 g/mol. The number of nitrogens with zero attached hydrogens (tertiary/aromatic N) is 2. The lowest BCUT2D eigenvalue weighted by molar-refractivity contribution is -0.387. The summed E-state index contributed by atoms with van der Waals surface area (Å²) in [6.07, 6.45) is 1.37. The number of nitro benzene ring substituents is 1. The van der Waals surface area contributed by atoms with E-state index < -0.39 is 28.5 Å². The highest BCUT2D eigenvalue weighted by atomic mass is 79.9. The number of anilines is 1. The van der Waals surface area contributed by atoms with Gasteiger partial charge in [-0.1, -0.05) is 17.7 Å². The van der Waals surface area contributed by atoms with Crippen LogP contribution in [-0.2, 0) is 9.59 Å². The average Bonchev–Trinajstić information content (AvgIpc) is 3.02. The van der Waals surface area contributed by atoms with Crippen LogP contribution in [0.1, 0.15) is 5.56 Å².